The summed E-state index contributed by atoms with van der Waals surface area (Å²) in [7, 11) is 3.62. The number of aromatic nitrogens is 2. The number of benzene rings is 1. The lowest BCUT2D eigenvalue weighted by molar-refractivity contribution is 0.415. The zero-order valence-corrected chi connectivity index (χ0v) is 11.1. The maximum absolute atomic E-state index is 5.25. The van der Waals surface area contributed by atoms with Crippen molar-refractivity contribution in [2.75, 3.05) is 13.7 Å². The monoisotopic (exact) mass is 245 g/mol. The molecule has 1 N–H and O–H groups in total. The van der Waals surface area contributed by atoms with Crippen LogP contribution in [0.25, 0.3) is 11.3 Å². The SMILES string of the molecule is CCNCc1cn(C)nc1-c1cccc(OC)c1. The molecule has 0 bridgehead atoms. The van der Waals surface area contributed by atoms with Crippen LogP contribution in [0, 0.1) is 0 Å². The lowest BCUT2D eigenvalue weighted by Crippen LogP contribution is -2.11. The van der Waals surface area contributed by atoms with Gasteiger partial charge in [0.25, 0.3) is 0 Å². The third-order valence-electron chi connectivity index (χ3n) is 2.81. The highest BCUT2D eigenvalue weighted by Crippen LogP contribution is 2.25. The van der Waals surface area contributed by atoms with Crippen LogP contribution in [0.15, 0.2) is 30.5 Å². The molecular formula is C14H19N3O. The van der Waals surface area contributed by atoms with E-state index in [2.05, 4.69) is 29.6 Å². The molecule has 0 saturated carbocycles. The molecule has 18 heavy (non-hydrogen) atoms. The molecule has 0 spiro atoms. The number of rotatable bonds is 5. The number of hydrogen-bond acceptors (Lipinski definition) is 3. The molecule has 4 nitrogen and oxygen atoms in total. The van der Waals surface area contributed by atoms with Gasteiger partial charge in [0.1, 0.15) is 5.75 Å². The Kier molecular flexibility index (Phi) is 3.99. The van der Waals surface area contributed by atoms with Gasteiger partial charge in [-0.25, -0.2) is 0 Å². The molecule has 96 valence electrons. The van der Waals surface area contributed by atoms with E-state index in [1.165, 1.54) is 5.56 Å². The summed E-state index contributed by atoms with van der Waals surface area (Å²) < 4.78 is 7.10. The maximum Gasteiger partial charge on any atom is 0.119 e. The molecule has 2 rings (SSSR count). The summed E-state index contributed by atoms with van der Waals surface area (Å²) in [6.07, 6.45) is 2.05. The Morgan fingerprint density at radius 1 is 1.39 bits per heavy atom. The van der Waals surface area contributed by atoms with Crippen LogP contribution < -0.4 is 10.1 Å². The van der Waals surface area contributed by atoms with Crippen LogP contribution in [0.5, 0.6) is 5.75 Å². The maximum atomic E-state index is 5.25. The smallest absolute Gasteiger partial charge is 0.119 e. The van der Waals surface area contributed by atoms with Crippen LogP contribution in [-0.2, 0) is 13.6 Å². The van der Waals surface area contributed by atoms with Crippen LogP contribution in [0.2, 0.25) is 0 Å². The average molecular weight is 245 g/mol. The van der Waals surface area contributed by atoms with Crippen molar-refractivity contribution >= 4 is 0 Å². The van der Waals surface area contributed by atoms with Crippen LogP contribution >= 0.6 is 0 Å². The molecule has 0 aliphatic heterocycles. The predicted octanol–water partition coefficient (Wildman–Crippen LogP) is 2.21. The molecule has 2 aromatic rings. The van der Waals surface area contributed by atoms with Crippen molar-refractivity contribution < 1.29 is 4.74 Å². The number of nitrogens with one attached hydrogen (secondary N) is 1. The van der Waals surface area contributed by atoms with Crippen LogP contribution in [0.1, 0.15) is 12.5 Å². The van der Waals surface area contributed by atoms with Gasteiger partial charge in [-0.05, 0) is 18.7 Å². The van der Waals surface area contributed by atoms with Gasteiger partial charge in [-0.1, -0.05) is 19.1 Å². The lowest BCUT2D eigenvalue weighted by atomic mass is 10.1. The summed E-state index contributed by atoms with van der Waals surface area (Å²) in [6.45, 7) is 3.88. The first kappa shape index (κ1) is 12.6. The second-order valence-corrected chi connectivity index (χ2v) is 4.19. The predicted molar refractivity (Wildman–Crippen MR) is 72.6 cm³/mol. The Balaban J connectivity index is 2.36. The molecule has 0 fully saturated rings. The second-order valence-electron chi connectivity index (χ2n) is 4.19. The highest BCUT2D eigenvalue weighted by atomic mass is 16.5. The molecule has 1 aromatic carbocycles. The van der Waals surface area contributed by atoms with Gasteiger partial charge in [0.15, 0.2) is 0 Å². The largest absolute Gasteiger partial charge is 0.497 e. The van der Waals surface area contributed by atoms with Crippen molar-refractivity contribution in [3.05, 3.63) is 36.0 Å². The first-order chi connectivity index (χ1) is 8.74. The van der Waals surface area contributed by atoms with E-state index in [-0.39, 0.29) is 0 Å². The van der Waals surface area contributed by atoms with Gasteiger partial charge in [-0.15, -0.1) is 0 Å². The Bertz CT molecular complexity index is 520. The number of ether oxygens (including phenoxy) is 1. The normalized spacial score (nSPS) is 10.6. The summed E-state index contributed by atoms with van der Waals surface area (Å²) >= 11 is 0. The van der Waals surface area contributed by atoms with E-state index in [0.717, 1.165) is 30.1 Å². The molecule has 0 atom stereocenters. The van der Waals surface area contributed by atoms with E-state index >= 15 is 0 Å². The standard InChI is InChI=1S/C14H19N3O/c1-4-15-9-12-10-17(2)16-14(12)11-6-5-7-13(8-11)18-3/h5-8,10,15H,4,9H2,1-3H3. The Labute approximate surface area is 108 Å². The van der Waals surface area contributed by atoms with Crippen molar-refractivity contribution in [1.82, 2.24) is 15.1 Å². The highest BCUT2D eigenvalue weighted by Gasteiger charge is 2.10. The Morgan fingerprint density at radius 2 is 2.22 bits per heavy atom. The van der Waals surface area contributed by atoms with E-state index in [9.17, 15) is 0 Å². The number of nitrogens with zero attached hydrogens (tertiary/aromatic N) is 2. The molecule has 0 unspecified atom stereocenters. The minimum absolute atomic E-state index is 0.830. The summed E-state index contributed by atoms with van der Waals surface area (Å²) in [5.74, 6) is 0.854. The third-order valence-corrected chi connectivity index (χ3v) is 2.81. The second kappa shape index (κ2) is 5.69. The van der Waals surface area contributed by atoms with Crippen LogP contribution in [0.3, 0.4) is 0 Å². The van der Waals surface area contributed by atoms with Gasteiger partial charge in [-0.3, -0.25) is 4.68 Å². The average Bonchev–Trinajstić information content (AvgIpc) is 2.77. The fourth-order valence-electron chi connectivity index (χ4n) is 1.94. The van der Waals surface area contributed by atoms with Gasteiger partial charge >= 0.3 is 0 Å². The van der Waals surface area contributed by atoms with E-state index in [4.69, 9.17) is 4.74 Å². The van der Waals surface area contributed by atoms with Crippen molar-refractivity contribution in [1.29, 1.82) is 0 Å². The van der Waals surface area contributed by atoms with E-state index < -0.39 is 0 Å². The van der Waals surface area contributed by atoms with Crippen LogP contribution in [0.4, 0.5) is 0 Å². The van der Waals surface area contributed by atoms with Crippen molar-refractivity contribution in [2.45, 2.75) is 13.5 Å². The minimum Gasteiger partial charge on any atom is -0.497 e. The fraction of sp³-hybridized carbons (Fsp3) is 0.357. The molecule has 0 aliphatic carbocycles. The molecule has 0 saturated heterocycles. The molecule has 1 aromatic heterocycles. The van der Waals surface area contributed by atoms with Crippen LogP contribution in [-0.4, -0.2) is 23.4 Å². The molecule has 0 aliphatic rings. The number of aryl methyl sites for hydroxylation is 1. The zero-order chi connectivity index (χ0) is 13.0. The molecule has 1 heterocycles. The Hall–Kier alpha value is -1.81. The molecular weight excluding hydrogens is 226 g/mol. The first-order valence-corrected chi connectivity index (χ1v) is 6.12. The van der Waals surface area contributed by atoms with Crippen molar-refractivity contribution in [3.63, 3.8) is 0 Å². The lowest BCUT2D eigenvalue weighted by Gasteiger charge is -2.05. The van der Waals surface area contributed by atoms with Gasteiger partial charge in [0, 0.05) is 30.9 Å². The van der Waals surface area contributed by atoms with Crippen molar-refractivity contribution in [3.8, 4) is 17.0 Å². The minimum atomic E-state index is 0.830. The molecule has 4 heteroatoms. The number of methoxy groups -OCH3 is 1. The van der Waals surface area contributed by atoms with Gasteiger partial charge in [0.05, 0.1) is 12.8 Å². The molecule has 0 amide bonds. The van der Waals surface area contributed by atoms with Crippen molar-refractivity contribution in [2.24, 2.45) is 7.05 Å². The van der Waals surface area contributed by atoms with Gasteiger partial charge < -0.3 is 10.1 Å². The highest BCUT2D eigenvalue weighted by molar-refractivity contribution is 5.64. The summed E-state index contributed by atoms with van der Waals surface area (Å²) in [5.41, 5.74) is 3.30. The summed E-state index contributed by atoms with van der Waals surface area (Å²) in [4.78, 5) is 0. The quantitative estimate of drug-likeness (QED) is 0.877. The molecule has 0 radical (unpaired) electrons. The van der Waals surface area contributed by atoms with E-state index in [1.54, 1.807) is 7.11 Å². The topological polar surface area (TPSA) is 39.1 Å². The summed E-state index contributed by atoms with van der Waals surface area (Å²) in [5, 5.41) is 7.86. The van der Waals surface area contributed by atoms with E-state index in [1.807, 2.05) is 29.9 Å². The van der Waals surface area contributed by atoms with E-state index in [0.29, 0.717) is 0 Å². The Morgan fingerprint density at radius 3 is 2.94 bits per heavy atom. The zero-order valence-electron chi connectivity index (χ0n) is 11.1. The van der Waals surface area contributed by atoms with Gasteiger partial charge in [-0.2, -0.15) is 5.10 Å². The fourth-order valence-corrected chi connectivity index (χ4v) is 1.94. The summed E-state index contributed by atoms with van der Waals surface area (Å²) in [6, 6.07) is 7.99. The third kappa shape index (κ3) is 2.71. The number of hydrogen-bond donors (Lipinski definition) is 1. The first-order valence-electron chi connectivity index (χ1n) is 6.12. The van der Waals surface area contributed by atoms with Gasteiger partial charge in [0.2, 0.25) is 0 Å².